The number of urea groups is 1. The van der Waals surface area contributed by atoms with Gasteiger partial charge in [-0.3, -0.25) is 0 Å². The van der Waals surface area contributed by atoms with Crippen LogP contribution in [0.25, 0.3) is 0 Å². The third-order valence-electron chi connectivity index (χ3n) is 3.50. The summed E-state index contributed by atoms with van der Waals surface area (Å²) in [5.41, 5.74) is 0. The summed E-state index contributed by atoms with van der Waals surface area (Å²) in [5, 5.41) is 9.03. The van der Waals surface area contributed by atoms with Gasteiger partial charge >= 0.3 is 12.0 Å². The maximum Gasteiger partial charge on any atom is 0.327 e. The molecule has 5 nitrogen and oxygen atoms in total. The van der Waals surface area contributed by atoms with Gasteiger partial charge in [0.1, 0.15) is 6.04 Å². The molecule has 2 aliphatic rings. The molecule has 0 aromatic heterocycles. The van der Waals surface area contributed by atoms with Gasteiger partial charge in [-0.15, -0.1) is 11.8 Å². The Kier molecular flexibility index (Phi) is 3.81. The first-order valence-corrected chi connectivity index (χ1v) is 7.07. The second-order valence-corrected chi connectivity index (χ2v) is 5.78. The van der Waals surface area contributed by atoms with Crippen LogP contribution in [0.5, 0.6) is 0 Å². The minimum Gasteiger partial charge on any atom is -0.480 e. The third kappa shape index (κ3) is 2.68. The van der Waals surface area contributed by atoms with E-state index in [2.05, 4.69) is 0 Å². The van der Waals surface area contributed by atoms with Gasteiger partial charge in [-0.1, -0.05) is 6.42 Å². The van der Waals surface area contributed by atoms with Crippen molar-refractivity contribution in [2.75, 3.05) is 25.2 Å². The first-order valence-electron chi connectivity index (χ1n) is 5.92. The Hall–Kier alpha value is -0.910. The number of hydrogen-bond acceptors (Lipinski definition) is 3. The number of rotatable bonds is 3. The Balaban J connectivity index is 1.90. The average Bonchev–Trinajstić information content (AvgIpc) is 2.70. The predicted octanol–water partition coefficient (Wildman–Crippen LogP) is 1.30. The molecule has 1 saturated heterocycles. The summed E-state index contributed by atoms with van der Waals surface area (Å²) in [5.74, 6) is 0.700. The lowest BCUT2D eigenvalue weighted by atomic mass is 9.85. The number of carbonyl (C=O) groups excluding carboxylic acids is 1. The number of aliphatic carboxylic acids is 1. The van der Waals surface area contributed by atoms with E-state index < -0.39 is 12.0 Å². The second-order valence-electron chi connectivity index (χ2n) is 4.78. The van der Waals surface area contributed by atoms with E-state index in [-0.39, 0.29) is 6.03 Å². The van der Waals surface area contributed by atoms with Crippen molar-refractivity contribution in [3.8, 4) is 0 Å². The molecule has 1 aliphatic carbocycles. The van der Waals surface area contributed by atoms with Crippen molar-refractivity contribution in [1.29, 1.82) is 0 Å². The monoisotopic (exact) mass is 258 g/mol. The minimum atomic E-state index is -0.902. The fraction of sp³-hybridized carbons (Fsp3) is 0.818. The van der Waals surface area contributed by atoms with Gasteiger partial charge in [0.05, 0.1) is 5.88 Å². The van der Waals surface area contributed by atoms with Crippen LogP contribution in [0.1, 0.15) is 19.3 Å². The molecule has 0 aromatic carbocycles. The molecule has 17 heavy (non-hydrogen) atoms. The summed E-state index contributed by atoms with van der Waals surface area (Å²) < 4.78 is 0. The van der Waals surface area contributed by atoms with Gasteiger partial charge in [0.25, 0.3) is 0 Å². The van der Waals surface area contributed by atoms with Gasteiger partial charge in [0.2, 0.25) is 0 Å². The summed E-state index contributed by atoms with van der Waals surface area (Å²) >= 11 is 1.50. The molecule has 0 spiro atoms. The lowest BCUT2D eigenvalue weighted by Gasteiger charge is -2.33. The maximum atomic E-state index is 12.1. The van der Waals surface area contributed by atoms with Crippen LogP contribution in [0.3, 0.4) is 0 Å². The number of nitrogens with zero attached hydrogens (tertiary/aromatic N) is 2. The average molecular weight is 258 g/mol. The van der Waals surface area contributed by atoms with E-state index in [1.807, 2.05) is 0 Å². The van der Waals surface area contributed by atoms with Crippen LogP contribution in [-0.4, -0.2) is 58.2 Å². The summed E-state index contributed by atoms with van der Waals surface area (Å²) in [4.78, 5) is 26.2. The predicted molar refractivity (Wildman–Crippen MR) is 66.0 cm³/mol. The SMILES string of the molecule is CN(CC1CCC1)C(=O)N1CSC[C@H]1C(=O)O. The van der Waals surface area contributed by atoms with Crippen molar-refractivity contribution >= 4 is 23.8 Å². The number of thioether (sulfide) groups is 1. The highest BCUT2D eigenvalue weighted by Crippen LogP contribution is 2.28. The fourth-order valence-electron chi connectivity index (χ4n) is 2.20. The van der Waals surface area contributed by atoms with Crippen LogP contribution >= 0.6 is 11.8 Å². The molecule has 0 unspecified atom stereocenters. The van der Waals surface area contributed by atoms with Crippen LogP contribution in [0.4, 0.5) is 4.79 Å². The van der Waals surface area contributed by atoms with Crippen molar-refractivity contribution in [2.45, 2.75) is 25.3 Å². The van der Waals surface area contributed by atoms with E-state index in [0.29, 0.717) is 17.5 Å². The lowest BCUT2D eigenvalue weighted by Crippen LogP contribution is -2.48. The molecular formula is C11H18N2O3S. The molecule has 2 fully saturated rings. The van der Waals surface area contributed by atoms with Crippen molar-refractivity contribution in [3.05, 3.63) is 0 Å². The van der Waals surface area contributed by atoms with Gasteiger partial charge in [-0.05, 0) is 18.8 Å². The molecule has 6 heteroatoms. The Labute approximate surface area is 105 Å². The quantitative estimate of drug-likeness (QED) is 0.829. The number of carboxylic acids is 1. The fourth-order valence-corrected chi connectivity index (χ4v) is 3.33. The highest BCUT2D eigenvalue weighted by Gasteiger charge is 2.36. The summed E-state index contributed by atoms with van der Waals surface area (Å²) in [7, 11) is 1.77. The van der Waals surface area contributed by atoms with Gasteiger partial charge in [-0.25, -0.2) is 9.59 Å². The molecule has 96 valence electrons. The van der Waals surface area contributed by atoms with E-state index in [0.717, 1.165) is 6.54 Å². The van der Waals surface area contributed by atoms with Crippen molar-refractivity contribution in [2.24, 2.45) is 5.92 Å². The van der Waals surface area contributed by atoms with E-state index in [1.165, 1.54) is 35.9 Å². The largest absolute Gasteiger partial charge is 0.480 e. The minimum absolute atomic E-state index is 0.144. The number of carboxylic acid groups (broad SMARTS) is 1. The molecule has 2 rings (SSSR count). The second kappa shape index (κ2) is 5.16. The molecule has 1 heterocycles. The molecular weight excluding hydrogens is 240 g/mol. The Morgan fingerprint density at radius 2 is 2.18 bits per heavy atom. The first-order chi connectivity index (χ1) is 8.09. The summed E-state index contributed by atoms with van der Waals surface area (Å²) in [6.45, 7) is 0.756. The molecule has 1 atom stereocenters. The molecule has 1 N–H and O–H groups in total. The topological polar surface area (TPSA) is 60.9 Å². The van der Waals surface area contributed by atoms with E-state index >= 15 is 0 Å². The van der Waals surface area contributed by atoms with Gasteiger partial charge in [0, 0.05) is 19.3 Å². The highest BCUT2D eigenvalue weighted by atomic mass is 32.2. The zero-order valence-electron chi connectivity index (χ0n) is 9.96. The van der Waals surface area contributed by atoms with Crippen molar-refractivity contribution in [3.63, 3.8) is 0 Å². The normalized spacial score (nSPS) is 24.5. The van der Waals surface area contributed by atoms with E-state index in [1.54, 1.807) is 11.9 Å². The zero-order valence-corrected chi connectivity index (χ0v) is 10.8. The Morgan fingerprint density at radius 1 is 1.47 bits per heavy atom. The van der Waals surface area contributed by atoms with Crippen molar-refractivity contribution < 1.29 is 14.7 Å². The number of carbonyl (C=O) groups is 2. The van der Waals surface area contributed by atoms with Crippen molar-refractivity contribution in [1.82, 2.24) is 9.80 Å². The molecule has 1 saturated carbocycles. The molecule has 0 radical (unpaired) electrons. The van der Waals surface area contributed by atoms with Crippen LogP contribution < -0.4 is 0 Å². The molecule has 2 amide bonds. The molecule has 0 bridgehead atoms. The Morgan fingerprint density at radius 3 is 2.71 bits per heavy atom. The van der Waals surface area contributed by atoms with E-state index in [9.17, 15) is 9.59 Å². The molecule has 1 aliphatic heterocycles. The van der Waals surface area contributed by atoms with Crippen LogP contribution in [-0.2, 0) is 4.79 Å². The standard InChI is InChI=1S/C11H18N2O3S/c1-12(5-8-3-2-4-8)11(16)13-7-17-6-9(13)10(14)15/h8-9H,2-7H2,1H3,(H,14,15)/t9-/m0/s1. The van der Waals surface area contributed by atoms with Crippen LogP contribution in [0.2, 0.25) is 0 Å². The Bertz CT molecular complexity index is 320. The highest BCUT2D eigenvalue weighted by molar-refractivity contribution is 7.99. The third-order valence-corrected chi connectivity index (χ3v) is 4.51. The smallest absolute Gasteiger partial charge is 0.327 e. The number of amides is 2. The molecule has 0 aromatic rings. The van der Waals surface area contributed by atoms with E-state index in [4.69, 9.17) is 5.11 Å². The summed E-state index contributed by atoms with van der Waals surface area (Å²) in [6.07, 6.45) is 3.63. The van der Waals surface area contributed by atoms with Gasteiger partial charge < -0.3 is 14.9 Å². The maximum absolute atomic E-state index is 12.1. The number of hydrogen-bond donors (Lipinski definition) is 1. The first kappa shape index (κ1) is 12.5. The van der Waals surface area contributed by atoms with Crippen LogP contribution in [0.15, 0.2) is 0 Å². The summed E-state index contributed by atoms with van der Waals surface area (Å²) in [6, 6.07) is -0.800. The van der Waals surface area contributed by atoms with Gasteiger partial charge in [-0.2, -0.15) is 0 Å². The zero-order chi connectivity index (χ0) is 12.4. The van der Waals surface area contributed by atoms with Gasteiger partial charge in [0.15, 0.2) is 0 Å². The van der Waals surface area contributed by atoms with Crippen LogP contribution in [0, 0.1) is 5.92 Å². The lowest BCUT2D eigenvalue weighted by molar-refractivity contribution is -0.140.